The van der Waals surface area contributed by atoms with Crippen LogP contribution in [0.25, 0.3) is 5.82 Å². The molecular weight excluding hydrogens is 453 g/mol. The first kappa shape index (κ1) is 23.0. The van der Waals surface area contributed by atoms with Crippen molar-refractivity contribution < 1.29 is 27.4 Å². The normalized spacial score (nSPS) is 12.1. The molecule has 1 atom stereocenters. The fraction of sp³-hybridized carbons (Fsp3) is 0.211. The molecule has 0 spiro atoms. The third kappa shape index (κ3) is 5.71. The van der Waals surface area contributed by atoms with E-state index in [4.69, 9.17) is 21.6 Å². The van der Waals surface area contributed by atoms with Gasteiger partial charge in [0.25, 0.3) is 5.91 Å². The number of carbonyl (C=O) groups excluding carboxylic acids is 1. The highest BCUT2D eigenvalue weighted by Gasteiger charge is 2.31. The molecule has 0 aliphatic heterocycles. The number of nitrogens with one attached hydrogen (secondary N) is 1. The van der Waals surface area contributed by atoms with Crippen molar-refractivity contribution >= 4 is 17.5 Å². The summed E-state index contributed by atoms with van der Waals surface area (Å²) in [5, 5.41) is 15.5. The number of nitriles is 1. The number of amides is 1. The van der Waals surface area contributed by atoms with Gasteiger partial charge in [-0.1, -0.05) is 11.6 Å². The van der Waals surface area contributed by atoms with Crippen LogP contribution in [0.15, 0.2) is 42.9 Å². The van der Waals surface area contributed by atoms with E-state index < -0.39 is 24.1 Å². The number of nitrogens with zero attached hydrogens (tertiary/aromatic N) is 5. The molecule has 1 aromatic carbocycles. The van der Waals surface area contributed by atoms with Crippen LogP contribution in [-0.2, 0) is 4.74 Å². The molecule has 0 aliphatic carbocycles. The first-order chi connectivity index (χ1) is 15.2. The SMILES string of the molecule is COC[C@H](NC(=O)c1cc(Cl)cc(OC(F)(F)F)c1)c1ncnn1-c1ccc(C#N)cn1. The summed E-state index contributed by atoms with van der Waals surface area (Å²) in [6.45, 7) is -0.0345. The van der Waals surface area contributed by atoms with Crippen molar-refractivity contribution in [3.63, 3.8) is 0 Å². The summed E-state index contributed by atoms with van der Waals surface area (Å²) >= 11 is 5.84. The molecule has 1 amide bonds. The molecule has 166 valence electrons. The van der Waals surface area contributed by atoms with Gasteiger partial charge < -0.3 is 14.8 Å². The standard InChI is InChI=1S/C19H14ClF3N6O3/c1-31-9-15(17-26-10-27-29(17)16-3-2-11(7-24)8-25-16)28-18(30)12-4-13(20)6-14(5-12)32-19(21,22)23/h2-6,8,10,15H,9H2,1H3,(H,28,30)/t15-/m0/s1. The lowest BCUT2D eigenvalue weighted by Crippen LogP contribution is -2.33. The second-order valence-electron chi connectivity index (χ2n) is 6.25. The van der Waals surface area contributed by atoms with Gasteiger partial charge in [0.2, 0.25) is 0 Å². The summed E-state index contributed by atoms with van der Waals surface area (Å²) in [7, 11) is 1.40. The smallest absolute Gasteiger partial charge is 0.406 e. The molecule has 2 aromatic heterocycles. The van der Waals surface area contributed by atoms with Crippen LogP contribution in [0.2, 0.25) is 5.02 Å². The summed E-state index contributed by atoms with van der Waals surface area (Å²) in [5.74, 6) is -0.811. The topological polar surface area (TPSA) is 115 Å². The van der Waals surface area contributed by atoms with Crippen LogP contribution in [0.4, 0.5) is 13.2 Å². The van der Waals surface area contributed by atoms with Crippen LogP contribution < -0.4 is 10.1 Å². The summed E-state index contributed by atoms with van der Waals surface area (Å²) in [5.41, 5.74) is 0.176. The average Bonchev–Trinajstić information content (AvgIpc) is 3.21. The van der Waals surface area contributed by atoms with Crippen LogP contribution in [-0.4, -0.2) is 45.7 Å². The Balaban J connectivity index is 1.88. The first-order valence-electron chi connectivity index (χ1n) is 8.82. The van der Waals surface area contributed by atoms with E-state index in [2.05, 4.69) is 25.1 Å². The number of halogens is 4. The molecule has 3 aromatic rings. The Morgan fingerprint density at radius 2 is 2.09 bits per heavy atom. The molecule has 9 nitrogen and oxygen atoms in total. The maximum atomic E-state index is 12.8. The van der Waals surface area contributed by atoms with Gasteiger partial charge in [-0.2, -0.15) is 15.0 Å². The van der Waals surface area contributed by atoms with E-state index >= 15 is 0 Å². The van der Waals surface area contributed by atoms with Crippen LogP contribution in [0.3, 0.4) is 0 Å². The number of alkyl halides is 3. The van der Waals surface area contributed by atoms with Crippen LogP contribution in [0, 0.1) is 11.3 Å². The van der Waals surface area contributed by atoms with Crippen molar-refractivity contribution in [2.75, 3.05) is 13.7 Å². The van der Waals surface area contributed by atoms with E-state index in [-0.39, 0.29) is 23.0 Å². The second-order valence-corrected chi connectivity index (χ2v) is 6.69. The number of hydrogen-bond donors (Lipinski definition) is 1. The minimum Gasteiger partial charge on any atom is -0.406 e. The summed E-state index contributed by atoms with van der Waals surface area (Å²) in [4.78, 5) is 21.0. The van der Waals surface area contributed by atoms with Gasteiger partial charge in [-0.25, -0.2) is 9.97 Å². The predicted octanol–water partition coefficient (Wildman–Crippen LogP) is 3.20. The largest absolute Gasteiger partial charge is 0.573 e. The third-order valence-corrected chi connectivity index (χ3v) is 4.20. The van der Waals surface area contributed by atoms with E-state index in [1.54, 1.807) is 6.07 Å². The van der Waals surface area contributed by atoms with Crippen molar-refractivity contribution in [3.8, 4) is 17.6 Å². The number of aromatic nitrogens is 4. The molecule has 0 saturated heterocycles. The molecule has 0 bridgehead atoms. The molecule has 0 unspecified atom stereocenters. The molecule has 0 fully saturated rings. The average molecular weight is 467 g/mol. The predicted molar refractivity (Wildman–Crippen MR) is 104 cm³/mol. The molecule has 3 rings (SSSR count). The lowest BCUT2D eigenvalue weighted by molar-refractivity contribution is -0.274. The minimum absolute atomic E-state index is 0.0345. The zero-order chi connectivity index (χ0) is 23.3. The number of pyridine rings is 1. The number of methoxy groups -OCH3 is 1. The van der Waals surface area contributed by atoms with E-state index in [0.717, 1.165) is 12.1 Å². The molecular formula is C19H14ClF3N6O3. The molecule has 1 N–H and O–H groups in total. The Kier molecular flexibility index (Phi) is 6.92. The van der Waals surface area contributed by atoms with Gasteiger partial charge in [-0.15, -0.1) is 13.2 Å². The van der Waals surface area contributed by atoms with E-state index in [1.807, 2.05) is 6.07 Å². The summed E-state index contributed by atoms with van der Waals surface area (Å²) < 4.78 is 47.9. The monoisotopic (exact) mass is 466 g/mol. The second kappa shape index (κ2) is 9.63. The number of ether oxygens (including phenoxy) is 2. The molecule has 32 heavy (non-hydrogen) atoms. The number of carbonyl (C=O) groups is 1. The number of benzene rings is 1. The van der Waals surface area contributed by atoms with Gasteiger partial charge >= 0.3 is 6.36 Å². The quantitative estimate of drug-likeness (QED) is 0.568. The van der Waals surface area contributed by atoms with Gasteiger partial charge in [0.1, 0.15) is 24.2 Å². The van der Waals surface area contributed by atoms with Gasteiger partial charge in [0.05, 0.1) is 12.2 Å². The van der Waals surface area contributed by atoms with E-state index in [1.165, 1.54) is 36.4 Å². The molecule has 2 heterocycles. The first-order valence-corrected chi connectivity index (χ1v) is 9.20. The zero-order valence-electron chi connectivity index (χ0n) is 16.3. The highest BCUT2D eigenvalue weighted by atomic mass is 35.5. The van der Waals surface area contributed by atoms with Gasteiger partial charge in [-0.05, 0) is 30.3 Å². The number of hydrogen-bond acceptors (Lipinski definition) is 7. The molecule has 0 saturated carbocycles. The van der Waals surface area contributed by atoms with Crippen molar-refractivity contribution in [1.29, 1.82) is 5.26 Å². The number of rotatable bonds is 7. The molecule has 13 heteroatoms. The zero-order valence-corrected chi connectivity index (χ0v) is 17.1. The Labute approximate surface area is 184 Å². The Morgan fingerprint density at radius 3 is 2.72 bits per heavy atom. The maximum Gasteiger partial charge on any atom is 0.573 e. The van der Waals surface area contributed by atoms with Gasteiger partial charge in [0.15, 0.2) is 11.6 Å². The highest BCUT2D eigenvalue weighted by molar-refractivity contribution is 6.31. The fourth-order valence-electron chi connectivity index (χ4n) is 2.72. The van der Waals surface area contributed by atoms with Crippen LogP contribution in [0.5, 0.6) is 5.75 Å². The third-order valence-electron chi connectivity index (χ3n) is 3.99. The Hall–Kier alpha value is -3.69. The maximum absolute atomic E-state index is 12.8. The Bertz CT molecular complexity index is 1140. The van der Waals surface area contributed by atoms with Crippen molar-refractivity contribution in [1.82, 2.24) is 25.1 Å². The Morgan fingerprint density at radius 1 is 1.31 bits per heavy atom. The van der Waals surface area contributed by atoms with Crippen molar-refractivity contribution in [3.05, 3.63) is 64.8 Å². The highest BCUT2D eigenvalue weighted by Crippen LogP contribution is 2.27. The molecule has 0 aliphatic rings. The van der Waals surface area contributed by atoms with Crippen LogP contribution in [0.1, 0.15) is 27.8 Å². The molecule has 0 radical (unpaired) electrons. The minimum atomic E-state index is -4.94. The summed E-state index contributed by atoms with van der Waals surface area (Å²) in [6.07, 6.45) is -2.36. The van der Waals surface area contributed by atoms with Gasteiger partial charge in [0, 0.05) is 23.9 Å². The summed E-state index contributed by atoms with van der Waals surface area (Å²) in [6, 6.07) is 7.21. The lowest BCUT2D eigenvalue weighted by atomic mass is 10.1. The van der Waals surface area contributed by atoms with Crippen molar-refractivity contribution in [2.24, 2.45) is 0 Å². The van der Waals surface area contributed by atoms with Crippen molar-refractivity contribution in [2.45, 2.75) is 12.4 Å². The fourth-order valence-corrected chi connectivity index (χ4v) is 2.94. The van der Waals surface area contributed by atoms with Gasteiger partial charge in [-0.3, -0.25) is 4.79 Å². The van der Waals surface area contributed by atoms with Crippen LogP contribution >= 0.6 is 11.6 Å². The van der Waals surface area contributed by atoms with E-state index in [0.29, 0.717) is 11.4 Å². The van der Waals surface area contributed by atoms with E-state index in [9.17, 15) is 18.0 Å². The lowest BCUT2D eigenvalue weighted by Gasteiger charge is -2.18.